The number of carboxylic acids is 1. The van der Waals surface area contributed by atoms with Gasteiger partial charge in [0.25, 0.3) is 0 Å². The SMILES string of the molecule is BCCCCC(CCN1CCC(C)(C)CC1)(NC)C(=O)O. The zero-order valence-electron chi connectivity index (χ0n) is 14.4. The van der Waals surface area contributed by atoms with E-state index in [4.69, 9.17) is 0 Å². The molecule has 0 aliphatic carbocycles. The number of nitrogens with zero attached hydrogens (tertiary/aromatic N) is 1. The van der Waals surface area contributed by atoms with Gasteiger partial charge in [-0.05, 0) is 51.2 Å². The van der Waals surface area contributed by atoms with Crippen molar-refractivity contribution in [1.29, 1.82) is 0 Å². The van der Waals surface area contributed by atoms with E-state index in [1.54, 1.807) is 7.05 Å². The standard InChI is InChI=1S/C16H33BN2O2/c1-15(2)7-11-19(12-8-15)13-9-16(18-3,14(20)21)6-4-5-10-17/h18H,4-13,17H2,1-3H3,(H,20,21). The highest BCUT2D eigenvalue weighted by Gasteiger charge is 2.37. The first-order chi connectivity index (χ1) is 9.85. The summed E-state index contributed by atoms with van der Waals surface area (Å²) in [4.78, 5) is 14.2. The van der Waals surface area contributed by atoms with Crippen LogP contribution in [0.15, 0.2) is 0 Å². The van der Waals surface area contributed by atoms with Crippen LogP contribution >= 0.6 is 0 Å². The van der Waals surface area contributed by atoms with Crippen molar-refractivity contribution in [2.45, 2.75) is 64.2 Å². The van der Waals surface area contributed by atoms with Crippen molar-refractivity contribution in [1.82, 2.24) is 10.2 Å². The molecule has 0 aromatic rings. The monoisotopic (exact) mass is 296 g/mol. The van der Waals surface area contributed by atoms with E-state index in [0.717, 1.165) is 45.2 Å². The minimum Gasteiger partial charge on any atom is -0.480 e. The lowest BCUT2D eigenvalue weighted by atomic mass is 9.82. The zero-order chi connectivity index (χ0) is 15.9. The van der Waals surface area contributed by atoms with Gasteiger partial charge in [-0.25, -0.2) is 0 Å². The van der Waals surface area contributed by atoms with Gasteiger partial charge in [-0.3, -0.25) is 4.79 Å². The topological polar surface area (TPSA) is 52.6 Å². The van der Waals surface area contributed by atoms with Crippen LogP contribution < -0.4 is 5.32 Å². The summed E-state index contributed by atoms with van der Waals surface area (Å²) in [5, 5.41) is 12.8. The third kappa shape index (κ3) is 5.63. The number of piperidine rings is 1. The molecule has 0 spiro atoms. The van der Waals surface area contributed by atoms with E-state index in [-0.39, 0.29) is 0 Å². The zero-order valence-corrected chi connectivity index (χ0v) is 14.4. The maximum Gasteiger partial charge on any atom is 0.323 e. The van der Waals surface area contributed by atoms with E-state index in [1.165, 1.54) is 12.8 Å². The smallest absolute Gasteiger partial charge is 0.323 e. The normalized spacial score (nSPS) is 21.9. The van der Waals surface area contributed by atoms with Crippen molar-refractivity contribution in [2.75, 3.05) is 26.7 Å². The van der Waals surface area contributed by atoms with Crippen LogP contribution in [0, 0.1) is 5.41 Å². The molecule has 1 unspecified atom stereocenters. The number of likely N-dealkylation sites (tertiary alicyclic amines) is 1. The maximum absolute atomic E-state index is 11.7. The number of hydrogen-bond acceptors (Lipinski definition) is 3. The molecule has 2 N–H and O–H groups in total. The predicted octanol–water partition coefficient (Wildman–Crippen LogP) is 1.76. The summed E-state index contributed by atoms with van der Waals surface area (Å²) in [6.45, 7) is 7.73. The van der Waals surface area contributed by atoms with Gasteiger partial charge in [0.05, 0.1) is 0 Å². The third-order valence-electron chi connectivity index (χ3n) is 5.16. The van der Waals surface area contributed by atoms with Crippen LogP contribution in [-0.2, 0) is 4.79 Å². The quantitative estimate of drug-likeness (QED) is 0.503. The van der Waals surface area contributed by atoms with Crippen LogP contribution in [-0.4, -0.2) is 56.0 Å². The predicted molar refractivity (Wildman–Crippen MR) is 90.7 cm³/mol. The molecule has 1 aliphatic rings. The molecule has 5 heteroatoms. The van der Waals surface area contributed by atoms with Crippen LogP contribution in [0.2, 0.25) is 6.32 Å². The lowest BCUT2D eigenvalue weighted by Crippen LogP contribution is -2.52. The molecular formula is C16H33BN2O2. The number of likely N-dealkylation sites (N-methyl/N-ethyl adjacent to an activating group) is 1. The van der Waals surface area contributed by atoms with Crippen LogP contribution in [0.1, 0.15) is 52.4 Å². The molecule has 122 valence electrons. The van der Waals surface area contributed by atoms with E-state index in [0.29, 0.717) is 11.8 Å². The molecule has 1 saturated heterocycles. The van der Waals surface area contributed by atoms with Crippen molar-refractivity contribution in [3.05, 3.63) is 0 Å². The molecule has 0 saturated carbocycles. The first-order valence-electron chi connectivity index (χ1n) is 8.50. The molecule has 1 atom stereocenters. The molecule has 0 radical (unpaired) electrons. The molecule has 0 amide bonds. The number of carboxylic acid groups (broad SMARTS) is 1. The molecule has 0 aromatic heterocycles. The number of unbranched alkanes of at least 4 members (excludes halogenated alkanes) is 1. The number of rotatable bonds is 9. The fourth-order valence-electron chi connectivity index (χ4n) is 3.10. The van der Waals surface area contributed by atoms with Crippen LogP contribution in [0.25, 0.3) is 0 Å². The Balaban J connectivity index is 2.51. The second kappa shape index (κ2) is 8.18. The van der Waals surface area contributed by atoms with Crippen molar-refractivity contribution in [3.8, 4) is 0 Å². The van der Waals surface area contributed by atoms with E-state index in [1.807, 2.05) is 0 Å². The number of nitrogens with one attached hydrogen (secondary N) is 1. The Kier molecular flexibility index (Phi) is 7.21. The van der Waals surface area contributed by atoms with Gasteiger partial charge in [0.15, 0.2) is 0 Å². The first-order valence-corrected chi connectivity index (χ1v) is 8.50. The average molecular weight is 296 g/mol. The van der Waals surface area contributed by atoms with E-state index < -0.39 is 11.5 Å². The van der Waals surface area contributed by atoms with E-state index >= 15 is 0 Å². The van der Waals surface area contributed by atoms with Gasteiger partial charge in [-0.1, -0.05) is 33.0 Å². The van der Waals surface area contributed by atoms with E-state index in [2.05, 4.69) is 31.9 Å². The highest BCUT2D eigenvalue weighted by atomic mass is 16.4. The van der Waals surface area contributed by atoms with Gasteiger partial charge in [0.1, 0.15) is 13.4 Å². The fourth-order valence-corrected chi connectivity index (χ4v) is 3.10. The highest BCUT2D eigenvalue weighted by Crippen LogP contribution is 2.30. The van der Waals surface area contributed by atoms with Crippen molar-refractivity contribution < 1.29 is 9.90 Å². The first kappa shape index (κ1) is 18.5. The van der Waals surface area contributed by atoms with Crippen LogP contribution in [0.5, 0.6) is 0 Å². The van der Waals surface area contributed by atoms with E-state index in [9.17, 15) is 9.90 Å². The maximum atomic E-state index is 11.7. The van der Waals surface area contributed by atoms with Gasteiger partial charge in [-0.2, -0.15) is 0 Å². The van der Waals surface area contributed by atoms with Gasteiger partial charge in [0.2, 0.25) is 0 Å². The fraction of sp³-hybridized carbons (Fsp3) is 0.938. The van der Waals surface area contributed by atoms with Crippen LogP contribution in [0.4, 0.5) is 0 Å². The molecule has 1 rings (SSSR count). The Labute approximate surface area is 131 Å². The largest absolute Gasteiger partial charge is 0.480 e. The van der Waals surface area contributed by atoms with Gasteiger partial charge in [0, 0.05) is 6.54 Å². The summed E-state index contributed by atoms with van der Waals surface area (Å²) >= 11 is 0. The van der Waals surface area contributed by atoms with Crippen molar-refractivity contribution >= 4 is 13.8 Å². The molecule has 1 aliphatic heterocycles. The van der Waals surface area contributed by atoms with Gasteiger partial charge in [-0.15, -0.1) is 0 Å². The summed E-state index contributed by atoms with van der Waals surface area (Å²) in [6.07, 6.45) is 7.06. The summed E-state index contributed by atoms with van der Waals surface area (Å²) < 4.78 is 0. The minimum atomic E-state index is -0.748. The number of hydrogen-bond donors (Lipinski definition) is 2. The third-order valence-corrected chi connectivity index (χ3v) is 5.16. The number of aliphatic carboxylic acids is 1. The summed E-state index contributed by atoms with van der Waals surface area (Å²) in [7, 11) is 3.94. The lowest BCUT2D eigenvalue weighted by Gasteiger charge is -2.38. The molecule has 21 heavy (non-hydrogen) atoms. The van der Waals surface area contributed by atoms with Gasteiger partial charge < -0.3 is 15.3 Å². The Bertz CT molecular complexity index is 326. The molecule has 1 fully saturated rings. The average Bonchev–Trinajstić information content (AvgIpc) is 2.44. The summed E-state index contributed by atoms with van der Waals surface area (Å²) in [5.74, 6) is -0.696. The summed E-state index contributed by atoms with van der Waals surface area (Å²) in [6, 6.07) is 0. The molecule has 1 heterocycles. The molecule has 0 aromatic carbocycles. The van der Waals surface area contributed by atoms with Crippen LogP contribution in [0.3, 0.4) is 0 Å². The van der Waals surface area contributed by atoms with Crippen molar-refractivity contribution in [3.63, 3.8) is 0 Å². The van der Waals surface area contributed by atoms with Gasteiger partial charge >= 0.3 is 5.97 Å². The highest BCUT2D eigenvalue weighted by molar-refractivity contribution is 6.08. The lowest BCUT2D eigenvalue weighted by molar-refractivity contribution is -0.145. The Morgan fingerprint density at radius 2 is 1.90 bits per heavy atom. The second-order valence-electron chi connectivity index (χ2n) is 7.35. The molecule has 4 nitrogen and oxygen atoms in total. The second-order valence-corrected chi connectivity index (χ2v) is 7.35. The Morgan fingerprint density at radius 3 is 2.38 bits per heavy atom. The Morgan fingerprint density at radius 1 is 1.29 bits per heavy atom. The van der Waals surface area contributed by atoms with Crippen molar-refractivity contribution in [2.24, 2.45) is 5.41 Å². The Hall–Kier alpha value is -0.545. The summed E-state index contributed by atoms with van der Waals surface area (Å²) in [5.41, 5.74) is -0.299. The minimum absolute atomic E-state index is 0.449. The number of carbonyl (C=O) groups is 1. The molecule has 0 bridgehead atoms. The molecular weight excluding hydrogens is 263 g/mol.